The molecule has 1 N–H and O–H groups in total. The van der Waals surface area contributed by atoms with Crippen molar-refractivity contribution in [1.82, 2.24) is 29.9 Å². The topological polar surface area (TPSA) is 77.6 Å². The summed E-state index contributed by atoms with van der Waals surface area (Å²) in [4.78, 5) is 16.9. The van der Waals surface area contributed by atoms with Gasteiger partial charge in [-0.25, -0.2) is 9.67 Å². The van der Waals surface area contributed by atoms with Crippen LogP contribution in [0, 0.1) is 6.92 Å². The summed E-state index contributed by atoms with van der Waals surface area (Å²) in [7, 11) is 0. The number of hydrogen-bond acceptors (Lipinski definition) is 4. The molecule has 0 unspecified atom stereocenters. The van der Waals surface area contributed by atoms with Gasteiger partial charge in [0.2, 0.25) is 0 Å². The molecule has 1 amide bonds. The minimum Gasteiger partial charge on any atom is -0.351 e. The van der Waals surface area contributed by atoms with Gasteiger partial charge in [-0.15, -0.1) is 5.10 Å². The van der Waals surface area contributed by atoms with E-state index >= 15 is 0 Å². The highest BCUT2D eigenvalue weighted by Crippen LogP contribution is 2.15. The highest BCUT2D eigenvalue weighted by atomic mass is 16.2. The Labute approximate surface area is 163 Å². The van der Waals surface area contributed by atoms with Gasteiger partial charge in [-0.2, -0.15) is 0 Å². The van der Waals surface area contributed by atoms with E-state index in [0.717, 1.165) is 35.4 Å². The Morgan fingerprint density at radius 2 is 1.86 bits per heavy atom. The van der Waals surface area contributed by atoms with Crippen LogP contribution < -0.4 is 5.32 Å². The largest absolute Gasteiger partial charge is 0.351 e. The minimum atomic E-state index is -0.202. The van der Waals surface area contributed by atoms with Crippen LogP contribution in [0.4, 0.5) is 0 Å². The average molecular weight is 374 g/mol. The molecule has 0 radical (unpaired) electrons. The van der Waals surface area contributed by atoms with Crippen LogP contribution in [0.1, 0.15) is 28.3 Å². The number of nitrogens with one attached hydrogen (secondary N) is 1. The molecule has 2 heterocycles. The molecule has 0 fully saturated rings. The molecule has 0 aliphatic carbocycles. The molecule has 0 saturated carbocycles. The fourth-order valence-electron chi connectivity index (χ4n) is 3.26. The summed E-state index contributed by atoms with van der Waals surface area (Å²) in [5, 5.41) is 10.9. The molecule has 2 aromatic heterocycles. The normalized spacial score (nSPS) is 11.0. The summed E-state index contributed by atoms with van der Waals surface area (Å²) in [6, 6.07) is 18.0. The van der Waals surface area contributed by atoms with Crippen LogP contribution >= 0.6 is 0 Å². The first kappa shape index (κ1) is 17.9. The fourth-order valence-corrected chi connectivity index (χ4v) is 3.26. The third-order valence-corrected chi connectivity index (χ3v) is 4.65. The van der Waals surface area contributed by atoms with Crippen LogP contribution in [0.3, 0.4) is 0 Å². The lowest BCUT2D eigenvalue weighted by atomic mass is 10.2. The van der Waals surface area contributed by atoms with Crippen molar-refractivity contribution in [2.45, 2.75) is 26.4 Å². The Kier molecular flexibility index (Phi) is 5.14. The number of benzene rings is 2. The van der Waals surface area contributed by atoms with Crippen molar-refractivity contribution in [2.24, 2.45) is 0 Å². The third kappa shape index (κ3) is 3.93. The predicted molar refractivity (Wildman–Crippen MR) is 107 cm³/mol. The molecule has 4 aromatic rings. The van der Waals surface area contributed by atoms with Gasteiger partial charge in [0, 0.05) is 13.1 Å². The predicted octanol–water partition coefficient (Wildman–Crippen LogP) is 2.80. The summed E-state index contributed by atoms with van der Waals surface area (Å²) in [5.41, 5.74) is 3.57. The van der Waals surface area contributed by atoms with Gasteiger partial charge < -0.3 is 9.88 Å². The molecule has 28 heavy (non-hydrogen) atoms. The lowest BCUT2D eigenvalue weighted by Gasteiger charge is -2.07. The van der Waals surface area contributed by atoms with E-state index in [1.165, 1.54) is 0 Å². The molecule has 0 spiro atoms. The molecule has 142 valence electrons. The van der Waals surface area contributed by atoms with Crippen LogP contribution in [-0.4, -0.2) is 37.0 Å². The summed E-state index contributed by atoms with van der Waals surface area (Å²) < 4.78 is 3.85. The lowest BCUT2D eigenvalue weighted by molar-refractivity contribution is 0.0947. The molecule has 7 heteroatoms. The van der Waals surface area contributed by atoms with E-state index in [1.807, 2.05) is 55.5 Å². The van der Waals surface area contributed by atoms with Crippen molar-refractivity contribution in [3.8, 4) is 0 Å². The third-order valence-electron chi connectivity index (χ3n) is 4.65. The molecule has 0 saturated heterocycles. The summed E-state index contributed by atoms with van der Waals surface area (Å²) in [6.07, 6.45) is 2.49. The van der Waals surface area contributed by atoms with Gasteiger partial charge in [0.15, 0.2) is 5.69 Å². The fraction of sp³-hybridized carbons (Fsp3) is 0.238. The van der Waals surface area contributed by atoms with E-state index in [1.54, 1.807) is 10.9 Å². The molecule has 7 nitrogen and oxygen atoms in total. The number of carbonyl (C=O) groups is 1. The number of nitrogens with zero attached hydrogens (tertiary/aromatic N) is 5. The van der Waals surface area contributed by atoms with Crippen molar-refractivity contribution >= 4 is 16.9 Å². The van der Waals surface area contributed by atoms with Crippen molar-refractivity contribution in [1.29, 1.82) is 0 Å². The second-order valence-corrected chi connectivity index (χ2v) is 6.70. The Bertz CT molecular complexity index is 1080. The Morgan fingerprint density at radius 1 is 1.07 bits per heavy atom. The molecule has 4 rings (SSSR count). The average Bonchev–Trinajstić information content (AvgIpc) is 3.30. The number of amides is 1. The zero-order valence-corrected chi connectivity index (χ0v) is 15.7. The van der Waals surface area contributed by atoms with Gasteiger partial charge in [-0.3, -0.25) is 4.79 Å². The highest BCUT2D eigenvalue weighted by Gasteiger charge is 2.11. The van der Waals surface area contributed by atoms with Gasteiger partial charge in [0.1, 0.15) is 5.82 Å². The molecular formula is C21H22N6O. The lowest BCUT2D eigenvalue weighted by Crippen LogP contribution is -2.25. The first-order valence-electron chi connectivity index (χ1n) is 9.35. The van der Waals surface area contributed by atoms with Gasteiger partial charge in [0.25, 0.3) is 5.91 Å². The van der Waals surface area contributed by atoms with Crippen LogP contribution in [0.25, 0.3) is 11.0 Å². The number of para-hydroxylation sites is 2. The smallest absolute Gasteiger partial charge is 0.273 e. The summed E-state index contributed by atoms with van der Waals surface area (Å²) in [6.45, 7) is 3.96. The van der Waals surface area contributed by atoms with Crippen LogP contribution in [0.15, 0.2) is 60.8 Å². The number of carbonyl (C=O) groups excluding carboxylic acids is 1. The van der Waals surface area contributed by atoms with Crippen molar-refractivity contribution in [3.05, 3.63) is 77.9 Å². The zero-order valence-electron chi connectivity index (χ0n) is 15.7. The molecule has 0 atom stereocenters. The monoisotopic (exact) mass is 374 g/mol. The van der Waals surface area contributed by atoms with Crippen molar-refractivity contribution < 1.29 is 4.79 Å². The quantitative estimate of drug-likeness (QED) is 0.505. The number of imidazole rings is 1. The van der Waals surface area contributed by atoms with Crippen molar-refractivity contribution in [3.63, 3.8) is 0 Å². The maximum absolute atomic E-state index is 12.3. The maximum Gasteiger partial charge on any atom is 0.273 e. The second kappa shape index (κ2) is 8.04. The van der Waals surface area contributed by atoms with E-state index < -0.39 is 0 Å². The van der Waals surface area contributed by atoms with Crippen LogP contribution in [-0.2, 0) is 13.1 Å². The molecule has 0 bridgehead atoms. The van der Waals surface area contributed by atoms with Gasteiger partial charge in [-0.05, 0) is 31.0 Å². The minimum absolute atomic E-state index is 0.202. The molecule has 0 aliphatic rings. The molecular weight excluding hydrogens is 352 g/mol. The number of hydrogen-bond donors (Lipinski definition) is 1. The Balaban J connectivity index is 1.29. The van der Waals surface area contributed by atoms with Gasteiger partial charge >= 0.3 is 0 Å². The number of rotatable bonds is 7. The highest BCUT2D eigenvalue weighted by molar-refractivity contribution is 5.91. The first-order valence-corrected chi connectivity index (χ1v) is 9.35. The second-order valence-electron chi connectivity index (χ2n) is 6.70. The zero-order chi connectivity index (χ0) is 19.3. The van der Waals surface area contributed by atoms with Crippen LogP contribution in [0.2, 0.25) is 0 Å². The summed E-state index contributed by atoms with van der Waals surface area (Å²) in [5.74, 6) is 0.780. The maximum atomic E-state index is 12.3. The molecule has 2 aromatic carbocycles. The number of fused-ring (bicyclic) bond motifs is 1. The SMILES string of the molecule is Cc1nc2ccccc2n1CCCNC(=O)c1cn(Cc2ccccc2)nn1. The Hall–Kier alpha value is -3.48. The number of aromatic nitrogens is 5. The Morgan fingerprint density at radius 3 is 2.71 bits per heavy atom. The van der Waals surface area contributed by atoms with E-state index in [-0.39, 0.29) is 5.91 Å². The van der Waals surface area contributed by atoms with Crippen LogP contribution in [0.5, 0.6) is 0 Å². The molecule has 0 aliphatic heterocycles. The first-order chi connectivity index (χ1) is 13.7. The van der Waals surface area contributed by atoms with E-state index in [0.29, 0.717) is 18.8 Å². The van der Waals surface area contributed by atoms with E-state index in [2.05, 4.69) is 31.2 Å². The van der Waals surface area contributed by atoms with E-state index in [4.69, 9.17) is 0 Å². The van der Waals surface area contributed by atoms with Gasteiger partial charge in [-0.1, -0.05) is 47.7 Å². The van der Waals surface area contributed by atoms with Gasteiger partial charge in [0.05, 0.1) is 23.8 Å². The van der Waals surface area contributed by atoms with E-state index in [9.17, 15) is 4.79 Å². The summed E-state index contributed by atoms with van der Waals surface area (Å²) >= 11 is 0. The number of aryl methyl sites for hydroxylation is 2. The van der Waals surface area contributed by atoms with Crippen molar-refractivity contribution in [2.75, 3.05) is 6.54 Å². The standard InChI is InChI=1S/C21H22N6O/c1-16-23-18-10-5-6-11-20(18)27(16)13-7-12-22-21(28)19-15-26(25-24-19)14-17-8-3-2-4-9-17/h2-6,8-11,15H,7,12-14H2,1H3,(H,22,28).